The monoisotopic (exact) mass is 396 g/mol. The first kappa shape index (κ1) is 18.7. The number of carbonyl (C=O) groups excluding carboxylic acids is 1. The first-order valence-corrected chi connectivity index (χ1v) is 8.75. The van der Waals surface area contributed by atoms with Crippen molar-refractivity contribution < 1.29 is 18.0 Å². The minimum Gasteiger partial charge on any atom is -0.348 e. The average molecular weight is 396 g/mol. The number of halogens is 3. The molecule has 2 N–H and O–H groups in total. The highest BCUT2D eigenvalue weighted by Crippen LogP contribution is 2.32. The summed E-state index contributed by atoms with van der Waals surface area (Å²) in [5, 5.41) is 2.80. The van der Waals surface area contributed by atoms with Gasteiger partial charge in [-0.2, -0.15) is 13.2 Å². The fourth-order valence-corrected chi connectivity index (χ4v) is 2.98. The van der Waals surface area contributed by atoms with Gasteiger partial charge in [-0.3, -0.25) is 9.78 Å². The zero-order valence-electron chi connectivity index (χ0n) is 15.0. The van der Waals surface area contributed by atoms with Crippen LogP contribution in [-0.4, -0.2) is 20.9 Å². The van der Waals surface area contributed by atoms with Crippen LogP contribution in [0.3, 0.4) is 0 Å². The topological polar surface area (TPSA) is 70.7 Å². The minimum absolute atomic E-state index is 0.263. The van der Waals surface area contributed by atoms with Crippen molar-refractivity contribution in [1.29, 1.82) is 0 Å². The van der Waals surface area contributed by atoms with Gasteiger partial charge in [0.25, 0.3) is 5.91 Å². The molecule has 0 aliphatic rings. The van der Waals surface area contributed by atoms with E-state index >= 15 is 0 Å². The molecule has 1 amide bonds. The fraction of sp³-hybridized carbons (Fsp3) is 0.0952. The molecule has 0 spiro atoms. The van der Waals surface area contributed by atoms with Crippen molar-refractivity contribution in [2.45, 2.75) is 12.7 Å². The maximum Gasteiger partial charge on any atom is 0.416 e. The normalized spacial score (nSPS) is 11.6. The van der Waals surface area contributed by atoms with E-state index in [1.807, 2.05) is 6.07 Å². The molecular formula is C21H15F3N4O. The lowest BCUT2D eigenvalue weighted by molar-refractivity contribution is -0.137. The number of hydrogen-bond acceptors (Lipinski definition) is 3. The smallest absolute Gasteiger partial charge is 0.348 e. The van der Waals surface area contributed by atoms with E-state index in [0.717, 1.165) is 17.7 Å². The van der Waals surface area contributed by atoms with E-state index in [0.29, 0.717) is 23.1 Å². The molecule has 0 aliphatic carbocycles. The van der Waals surface area contributed by atoms with Crippen LogP contribution in [0.2, 0.25) is 0 Å². The largest absolute Gasteiger partial charge is 0.416 e. The molecule has 8 heteroatoms. The summed E-state index contributed by atoms with van der Waals surface area (Å²) >= 11 is 0. The van der Waals surface area contributed by atoms with E-state index in [1.165, 1.54) is 12.1 Å². The van der Waals surface area contributed by atoms with E-state index in [9.17, 15) is 18.0 Å². The van der Waals surface area contributed by atoms with Crippen molar-refractivity contribution in [2.24, 2.45) is 0 Å². The number of benzene rings is 2. The molecule has 2 aromatic carbocycles. The standard InChI is InChI=1S/C21H15F3N4O/c22-21(23,24)15-6-1-5-14(10-15)19-27-17-8-2-7-16(18(17)28-19)20(29)26-12-13-4-3-9-25-11-13/h1-11H,12H2,(H,26,29)(H,27,28). The number of fused-ring (bicyclic) bond motifs is 1. The number of nitrogens with one attached hydrogen (secondary N) is 2. The van der Waals surface area contributed by atoms with Crippen LogP contribution in [0.5, 0.6) is 0 Å². The molecule has 0 bridgehead atoms. The Bertz CT molecular complexity index is 1170. The van der Waals surface area contributed by atoms with Crippen molar-refractivity contribution in [3.05, 3.63) is 83.7 Å². The van der Waals surface area contributed by atoms with Gasteiger partial charge in [0.05, 0.1) is 16.6 Å². The Balaban J connectivity index is 1.64. The summed E-state index contributed by atoms with van der Waals surface area (Å²) < 4.78 is 39.0. The number of alkyl halides is 3. The summed E-state index contributed by atoms with van der Waals surface area (Å²) in [6.07, 6.45) is -1.15. The highest BCUT2D eigenvalue weighted by Gasteiger charge is 2.30. The van der Waals surface area contributed by atoms with Gasteiger partial charge in [-0.25, -0.2) is 4.98 Å². The van der Waals surface area contributed by atoms with Gasteiger partial charge in [-0.05, 0) is 35.9 Å². The van der Waals surface area contributed by atoms with Crippen LogP contribution in [0, 0.1) is 0 Å². The van der Waals surface area contributed by atoms with Gasteiger partial charge >= 0.3 is 6.18 Å². The van der Waals surface area contributed by atoms with Crippen molar-refractivity contribution in [3.8, 4) is 11.4 Å². The molecule has 2 aromatic heterocycles. The lowest BCUT2D eigenvalue weighted by Crippen LogP contribution is -2.23. The Morgan fingerprint density at radius 1 is 1.07 bits per heavy atom. The Morgan fingerprint density at radius 2 is 1.90 bits per heavy atom. The minimum atomic E-state index is -4.45. The number of nitrogens with zero attached hydrogens (tertiary/aromatic N) is 2. The van der Waals surface area contributed by atoms with Crippen LogP contribution in [0.4, 0.5) is 13.2 Å². The molecule has 0 saturated heterocycles. The first-order chi connectivity index (χ1) is 13.9. The van der Waals surface area contributed by atoms with Crippen LogP contribution in [0.1, 0.15) is 21.5 Å². The zero-order chi connectivity index (χ0) is 20.4. The average Bonchev–Trinajstić information content (AvgIpc) is 3.17. The summed E-state index contributed by atoms with van der Waals surface area (Å²) in [6, 6.07) is 13.5. The summed E-state index contributed by atoms with van der Waals surface area (Å²) in [5.74, 6) is -0.0693. The van der Waals surface area contributed by atoms with Crippen LogP contribution in [-0.2, 0) is 12.7 Å². The molecule has 0 saturated carbocycles. The van der Waals surface area contributed by atoms with Crippen molar-refractivity contribution in [2.75, 3.05) is 0 Å². The first-order valence-electron chi connectivity index (χ1n) is 8.75. The van der Waals surface area contributed by atoms with Gasteiger partial charge < -0.3 is 10.3 Å². The third kappa shape index (κ3) is 3.96. The Kier molecular flexibility index (Phi) is 4.75. The number of para-hydroxylation sites is 1. The Morgan fingerprint density at radius 3 is 2.66 bits per heavy atom. The molecule has 5 nitrogen and oxygen atoms in total. The van der Waals surface area contributed by atoms with Gasteiger partial charge in [0.1, 0.15) is 11.3 Å². The maximum atomic E-state index is 13.0. The predicted molar refractivity (Wildman–Crippen MR) is 102 cm³/mol. The van der Waals surface area contributed by atoms with E-state index < -0.39 is 11.7 Å². The fourth-order valence-electron chi connectivity index (χ4n) is 2.98. The number of carbonyl (C=O) groups is 1. The van der Waals surface area contributed by atoms with Crippen LogP contribution >= 0.6 is 0 Å². The summed E-state index contributed by atoms with van der Waals surface area (Å²) in [4.78, 5) is 24.0. The lowest BCUT2D eigenvalue weighted by Gasteiger charge is -2.07. The van der Waals surface area contributed by atoms with Crippen molar-refractivity contribution >= 4 is 16.9 Å². The highest BCUT2D eigenvalue weighted by atomic mass is 19.4. The number of aromatic amines is 1. The van der Waals surface area contributed by atoms with E-state index in [-0.39, 0.29) is 17.3 Å². The Hall–Kier alpha value is -3.68. The van der Waals surface area contributed by atoms with Gasteiger partial charge in [0.2, 0.25) is 0 Å². The van der Waals surface area contributed by atoms with Gasteiger partial charge in [-0.15, -0.1) is 0 Å². The van der Waals surface area contributed by atoms with E-state index in [2.05, 4.69) is 20.3 Å². The molecule has 4 aromatic rings. The van der Waals surface area contributed by atoms with E-state index in [4.69, 9.17) is 0 Å². The number of imidazole rings is 1. The van der Waals surface area contributed by atoms with Gasteiger partial charge in [0, 0.05) is 24.5 Å². The molecule has 146 valence electrons. The second kappa shape index (κ2) is 7.38. The predicted octanol–water partition coefficient (Wildman–Crippen LogP) is 4.57. The second-order valence-electron chi connectivity index (χ2n) is 6.41. The second-order valence-corrected chi connectivity index (χ2v) is 6.41. The number of hydrogen-bond donors (Lipinski definition) is 2. The molecule has 0 aliphatic heterocycles. The molecule has 29 heavy (non-hydrogen) atoms. The lowest BCUT2D eigenvalue weighted by atomic mass is 10.1. The third-order valence-electron chi connectivity index (χ3n) is 4.40. The summed E-state index contributed by atoms with van der Waals surface area (Å²) in [6.45, 7) is 0.300. The summed E-state index contributed by atoms with van der Waals surface area (Å²) in [5.41, 5.74) is 1.67. The number of aromatic nitrogens is 3. The maximum absolute atomic E-state index is 13.0. The molecule has 2 heterocycles. The highest BCUT2D eigenvalue weighted by molar-refractivity contribution is 6.05. The molecule has 0 atom stereocenters. The number of rotatable bonds is 4. The van der Waals surface area contributed by atoms with E-state index in [1.54, 1.807) is 36.7 Å². The summed E-state index contributed by atoms with van der Waals surface area (Å²) in [7, 11) is 0. The van der Waals surface area contributed by atoms with Crippen LogP contribution in [0.25, 0.3) is 22.4 Å². The molecule has 0 unspecified atom stereocenters. The van der Waals surface area contributed by atoms with Crippen molar-refractivity contribution in [3.63, 3.8) is 0 Å². The van der Waals surface area contributed by atoms with Gasteiger partial charge in [-0.1, -0.05) is 24.3 Å². The quantitative estimate of drug-likeness (QED) is 0.531. The third-order valence-corrected chi connectivity index (χ3v) is 4.40. The number of pyridine rings is 1. The Labute approximate surface area is 163 Å². The molecule has 0 radical (unpaired) electrons. The van der Waals surface area contributed by atoms with Crippen molar-refractivity contribution in [1.82, 2.24) is 20.3 Å². The SMILES string of the molecule is O=C(NCc1cccnc1)c1cccc2[nH]c(-c3cccc(C(F)(F)F)c3)nc12. The number of amides is 1. The van der Waals surface area contributed by atoms with Crippen LogP contribution in [0.15, 0.2) is 67.0 Å². The van der Waals surface area contributed by atoms with Gasteiger partial charge in [0.15, 0.2) is 0 Å². The molecule has 0 fully saturated rings. The molecular weight excluding hydrogens is 381 g/mol. The molecule has 4 rings (SSSR count). The van der Waals surface area contributed by atoms with Crippen LogP contribution < -0.4 is 5.32 Å². The zero-order valence-corrected chi connectivity index (χ0v) is 15.0. The number of H-pyrrole nitrogens is 1.